The molecule has 0 aromatic rings. The number of hydrogen-bond acceptors (Lipinski definition) is 4. The number of halogens is 2. The minimum Gasteiger partial charge on any atom is -0.725 e. The van der Waals surface area contributed by atoms with Crippen LogP contribution in [0.1, 0.15) is 13.3 Å². The smallest absolute Gasteiger partial charge is 0.368 e. The standard InChI is InChI=1S/C3H6F2O4S/c1-2-3(4,5)9-10(6,7)8/h2H2,1H3,(H,6,7,8)/p-1. The summed E-state index contributed by atoms with van der Waals surface area (Å²) in [4.78, 5) is 0. The highest BCUT2D eigenvalue weighted by molar-refractivity contribution is 7.80. The molecule has 0 aromatic heterocycles. The third-order valence-electron chi connectivity index (χ3n) is 0.636. The van der Waals surface area contributed by atoms with Gasteiger partial charge < -0.3 is 4.55 Å². The molecule has 0 aliphatic heterocycles. The van der Waals surface area contributed by atoms with Gasteiger partial charge in [0.1, 0.15) is 0 Å². The van der Waals surface area contributed by atoms with Crippen LogP contribution in [-0.2, 0) is 14.6 Å². The minimum absolute atomic E-state index is 0.853. The summed E-state index contributed by atoms with van der Waals surface area (Å²) in [6.07, 6.45) is -4.73. The van der Waals surface area contributed by atoms with Crippen molar-refractivity contribution in [3.05, 3.63) is 0 Å². The first kappa shape index (κ1) is 9.73. The Kier molecular flexibility index (Phi) is 2.69. The van der Waals surface area contributed by atoms with Gasteiger partial charge in [-0.25, -0.2) is 12.6 Å². The zero-order valence-corrected chi connectivity index (χ0v) is 5.82. The molecule has 4 nitrogen and oxygen atoms in total. The highest BCUT2D eigenvalue weighted by atomic mass is 32.3. The molecular formula is C3H5F2O4S-. The summed E-state index contributed by atoms with van der Waals surface area (Å²) in [5.41, 5.74) is 0. The maximum Gasteiger partial charge on any atom is 0.368 e. The molecular weight excluding hydrogens is 170 g/mol. The lowest BCUT2D eigenvalue weighted by Gasteiger charge is -2.15. The van der Waals surface area contributed by atoms with Gasteiger partial charge in [-0.2, -0.15) is 8.78 Å². The van der Waals surface area contributed by atoms with E-state index in [1.807, 2.05) is 0 Å². The van der Waals surface area contributed by atoms with E-state index in [0.29, 0.717) is 0 Å². The largest absolute Gasteiger partial charge is 0.725 e. The van der Waals surface area contributed by atoms with Gasteiger partial charge in [0.05, 0.1) is 0 Å². The lowest BCUT2D eigenvalue weighted by molar-refractivity contribution is -0.178. The Morgan fingerprint density at radius 1 is 1.60 bits per heavy atom. The van der Waals surface area contributed by atoms with Crippen LogP contribution in [0.2, 0.25) is 0 Å². The molecule has 0 rings (SSSR count). The van der Waals surface area contributed by atoms with Crippen LogP contribution in [0.5, 0.6) is 0 Å². The van der Waals surface area contributed by atoms with Gasteiger partial charge in [-0.1, -0.05) is 6.92 Å². The molecule has 0 saturated carbocycles. The van der Waals surface area contributed by atoms with Gasteiger partial charge in [0, 0.05) is 6.42 Å². The second kappa shape index (κ2) is 2.77. The first-order valence-electron chi connectivity index (χ1n) is 2.31. The van der Waals surface area contributed by atoms with Crippen LogP contribution in [0.15, 0.2) is 0 Å². The fraction of sp³-hybridized carbons (Fsp3) is 1.00. The van der Waals surface area contributed by atoms with Crippen molar-refractivity contribution >= 4 is 10.4 Å². The van der Waals surface area contributed by atoms with E-state index in [-0.39, 0.29) is 0 Å². The number of alkyl halides is 2. The lowest BCUT2D eigenvalue weighted by atomic mass is 10.5. The number of hydrogen-bond donors (Lipinski definition) is 0. The summed E-state index contributed by atoms with van der Waals surface area (Å²) in [6.45, 7) is 0.991. The average Bonchev–Trinajstić information content (AvgIpc) is 1.60. The van der Waals surface area contributed by atoms with Crippen LogP contribution < -0.4 is 0 Å². The van der Waals surface area contributed by atoms with E-state index in [9.17, 15) is 21.8 Å². The van der Waals surface area contributed by atoms with E-state index in [0.717, 1.165) is 6.92 Å². The zero-order chi connectivity index (χ0) is 8.41. The summed E-state index contributed by atoms with van der Waals surface area (Å²) < 4.78 is 55.2. The van der Waals surface area contributed by atoms with Crippen molar-refractivity contribution in [1.82, 2.24) is 0 Å². The third-order valence-corrected chi connectivity index (χ3v) is 1.08. The predicted octanol–water partition coefficient (Wildman–Crippen LogP) is 0.466. The average molecular weight is 175 g/mol. The molecule has 10 heavy (non-hydrogen) atoms. The molecule has 0 bridgehead atoms. The van der Waals surface area contributed by atoms with Crippen molar-refractivity contribution in [3.63, 3.8) is 0 Å². The Morgan fingerprint density at radius 2 is 2.00 bits per heavy atom. The maximum absolute atomic E-state index is 11.8. The first-order chi connectivity index (χ1) is 4.27. The number of rotatable bonds is 3. The van der Waals surface area contributed by atoms with Crippen molar-refractivity contribution in [3.8, 4) is 0 Å². The highest BCUT2D eigenvalue weighted by Gasteiger charge is 2.30. The van der Waals surface area contributed by atoms with Crippen molar-refractivity contribution in [2.24, 2.45) is 0 Å². The van der Waals surface area contributed by atoms with Crippen molar-refractivity contribution in [2.75, 3.05) is 0 Å². The molecule has 7 heteroatoms. The molecule has 62 valence electrons. The fourth-order valence-electron chi connectivity index (χ4n) is 0.208. The zero-order valence-electron chi connectivity index (χ0n) is 5.00. The van der Waals surface area contributed by atoms with E-state index < -0.39 is 22.9 Å². The molecule has 0 unspecified atom stereocenters. The Morgan fingerprint density at radius 3 is 2.10 bits per heavy atom. The molecule has 0 aliphatic rings. The van der Waals surface area contributed by atoms with Crippen molar-refractivity contribution < 1.29 is 25.9 Å². The second-order valence-corrected chi connectivity index (χ2v) is 2.47. The third kappa shape index (κ3) is 4.59. The van der Waals surface area contributed by atoms with Gasteiger partial charge in [-0.15, -0.1) is 0 Å². The van der Waals surface area contributed by atoms with Gasteiger partial charge >= 0.3 is 6.11 Å². The second-order valence-electron chi connectivity index (χ2n) is 1.48. The molecule has 0 heterocycles. The van der Waals surface area contributed by atoms with E-state index in [1.54, 1.807) is 0 Å². The summed E-state index contributed by atoms with van der Waals surface area (Å²) >= 11 is 0. The maximum atomic E-state index is 11.8. The van der Waals surface area contributed by atoms with E-state index in [2.05, 4.69) is 4.18 Å². The van der Waals surface area contributed by atoms with E-state index in [1.165, 1.54) is 0 Å². The molecule has 0 radical (unpaired) electrons. The molecule has 0 aromatic carbocycles. The molecule has 0 aliphatic carbocycles. The summed E-state index contributed by atoms with van der Waals surface area (Å²) in [5, 5.41) is 0. The van der Waals surface area contributed by atoms with Crippen molar-refractivity contribution in [2.45, 2.75) is 19.5 Å². The topological polar surface area (TPSA) is 66.4 Å². The quantitative estimate of drug-likeness (QED) is 0.461. The molecule has 0 saturated heterocycles. The minimum atomic E-state index is -5.29. The van der Waals surface area contributed by atoms with Crippen LogP contribution in [0.4, 0.5) is 8.78 Å². The SMILES string of the molecule is CCC(F)(F)OS(=O)(=O)[O-]. The molecule has 0 fully saturated rings. The monoisotopic (exact) mass is 175 g/mol. The Bertz CT molecular complexity index is 197. The van der Waals surface area contributed by atoms with E-state index in [4.69, 9.17) is 0 Å². The normalized spacial score (nSPS) is 13.6. The highest BCUT2D eigenvalue weighted by Crippen LogP contribution is 2.20. The molecule has 0 atom stereocenters. The van der Waals surface area contributed by atoms with E-state index >= 15 is 0 Å². The van der Waals surface area contributed by atoms with Gasteiger partial charge in [0.15, 0.2) is 0 Å². The predicted molar refractivity (Wildman–Crippen MR) is 26.0 cm³/mol. The fourth-order valence-corrected chi connectivity index (χ4v) is 0.625. The van der Waals surface area contributed by atoms with Gasteiger partial charge in [0.2, 0.25) is 10.4 Å². The summed E-state index contributed by atoms with van der Waals surface area (Å²) in [6, 6.07) is 0. The van der Waals surface area contributed by atoms with Gasteiger partial charge in [-0.3, -0.25) is 0 Å². The first-order valence-corrected chi connectivity index (χ1v) is 3.64. The Hall–Kier alpha value is -0.270. The van der Waals surface area contributed by atoms with Crippen molar-refractivity contribution in [1.29, 1.82) is 0 Å². The van der Waals surface area contributed by atoms with Crippen LogP contribution in [0.25, 0.3) is 0 Å². The Balaban J connectivity index is 4.16. The summed E-state index contributed by atoms with van der Waals surface area (Å²) in [7, 11) is -5.29. The molecule has 0 spiro atoms. The van der Waals surface area contributed by atoms with Gasteiger partial charge in [0.25, 0.3) is 0 Å². The molecule has 0 amide bonds. The van der Waals surface area contributed by atoms with Crippen LogP contribution in [0.3, 0.4) is 0 Å². The van der Waals surface area contributed by atoms with Crippen LogP contribution in [-0.4, -0.2) is 19.1 Å². The lowest BCUT2D eigenvalue weighted by Crippen LogP contribution is -2.23. The molecule has 0 N–H and O–H groups in total. The summed E-state index contributed by atoms with van der Waals surface area (Å²) in [5.74, 6) is 0. The van der Waals surface area contributed by atoms with Crippen LogP contribution in [0, 0.1) is 0 Å². The van der Waals surface area contributed by atoms with Gasteiger partial charge in [-0.05, 0) is 0 Å². The van der Waals surface area contributed by atoms with Crippen LogP contribution >= 0.6 is 0 Å². The Labute approximate surface area is 56.8 Å².